The van der Waals surface area contributed by atoms with E-state index in [1.807, 2.05) is 32.9 Å². The zero-order valence-electron chi connectivity index (χ0n) is 10.4. The normalized spacial score (nSPS) is 21.0. The Kier molecular flexibility index (Phi) is 2.83. The van der Waals surface area contributed by atoms with Gasteiger partial charge in [-0.2, -0.15) is 0 Å². The number of phenolic OH excluding ortho intramolecular Hbond substituents is 1. The molecule has 1 unspecified atom stereocenters. The van der Waals surface area contributed by atoms with Crippen LogP contribution in [0.1, 0.15) is 38.8 Å². The van der Waals surface area contributed by atoms with E-state index in [1.165, 1.54) is 0 Å². The molecule has 1 atom stereocenters. The lowest BCUT2D eigenvalue weighted by Gasteiger charge is -2.32. The summed E-state index contributed by atoms with van der Waals surface area (Å²) in [4.78, 5) is 11.9. The van der Waals surface area contributed by atoms with Crippen LogP contribution in [0.5, 0.6) is 5.75 Å². The van der Waals surface area contributed by atoms with Crippen LogP contribution in [0.4, 0.5) is 0 Å². The molecule has 1 amide bonds. The second kappa shape index (κ2) is 4.04. The highest BCUT2D eigenvalue weighted by atomic mass is 16.3. The fourth-order valence-corrected chi connectivity index (χ4v) is 2.07. The minimum atomic E-state index is -0.254. The molecule has 0 spiro atoms. The lowest BCUT2D eigenvalue weighted by atomic mass is 10.0. The molecule has 4 nitrogen and oxygen atoms in total. The zero-order chi connectivity index (χ0) is 12.6. The van der Waals surface area contributed by atoms with Gasteiger partial charge < -0.3 is 5.11 Å². The summed E-state index contributed by atoms with van der Waals surface area (Å²) in [6.45, 7) is 5.93. The van der Waals surface area contributed by atoms with E-state index < -0.39 is 0 Å². The van der Waals surface area contributed by atoms with E-state index in [2.05, 4.69) is 5.43 Å². The molecule has 1 saturated heterocycles. The van der Waals surface area contributed by atoms with Crippen molar-refractivity contribution >= 4 is 5.91 Å². The van der Waals surface area contributed by atoms with Crippen molar-refractivity contribution in [3.63, 3.8) is 0 Å². The van der Waals surface area contributed by atoms with Crippen molar-refractivity contribution < 1.29 is 9.90 Å². The fraction of sp³-hybridized carbons (Fsp3) is 0.462. The first-order chi connectivity index (χ1) is 7.89. The number of hydrazine groups is 1. The third-order valence-corrected chi connectivity index (χ3v) is 2.90. The minimum absolute atomic E-state index is 0.0609. The van der Waals surface area contributed by atoms with E-state index in [1.54, 1.807) is 17.1 Å². The summed E-state index contributed by atoms with van der Waals surface area (Å²) >= 11 is 0. The molecular weight excluding hydrogens is 216 g/mol. The Hall–Kier alpha value is -1.55. The van der Waals surface area contributed by atoms with Crippen molar-refractivity contribution in [1.29, 1.82) is 0 Å². The molecule has 1 aromatic rings. The number of aromatic hydroxyl groups is 1. The molecular formula is C13H18N2O2. The smallest absolute Gasteiger partial charge is 0.239 e. The standard InChI is InChI=1S/C13H18N2O2/c1-13(2,3)15-12(17)8-10(14-15)9-6-4-5-7-11(9)16/h4-7,10,14,16H,8H2,1-3H3. The molecule has 4 heteroatoms. The molecule has 0 bridgehead atoms. The van der Waals surface area contributed by atoms with Gasteiger partial charge in [0.1, 0.15) is 5.75 Å². The quantitative estimate of drug-likeness (QED) is 0.781. The summed E-state index contributed by atoms with van der Waals surface area (Å²) in [6.07, 6.45) is 0.384. The molecule has 2 rings (SSSR count). The Morgan fingerprint density at radius 2 is 2.00 bits per heavy atom. The van der Waals surface area contributed by atoms with E-state index >= 15 is 0 Å². The van der Waals surface area contributed by atoms with Crippen LogP contribution in [-0.4, -0.2) is 21.6 Å². The average molecular weight is 234 g/mol. The highest BCUT2D eigenvalue weighted by Crippen LogP contribution is 2.32. The Morgan fingerprint density at radius 3 is 2.53 bits per heavy atom. The molecule has 0 saturated carbocycles. The summed E-state index contributed by atoms with van der Waals surface area (Å²) in [5, 5.41) is 11.4. The summed E-state index contributed by atoms with van der Waals surface area (Å²) in [5.74, 6) is 0.291. The van der Waals surface area contributed by atoms with Crippen LogP contribution in [-0.2, 0) is 4.79 Å². The molecule has 1 aliphatic rings. The van der Waals surface area contributed by atoms with Crippen molar-refractivity contribution in [2.45, 2.75) is 38.8 Å². The number of carbonyl (C=O) groups is 1. The SMILES string of the molecule is CC(C)(C)N1NC(c2ccccc2O)CC1=O. The monoisotopic (exact) mass is 234 g/mol. The molecule has 17 heavy (non-hydrogen) atoms. The first-order valence-electron chi connectivity index (χ1n) is 5.77. The van der Waals surface area contributed by atoms with Gasteiger partial charge in [-0.15, -0.1) is 0 Å². The molecule has 1 heterocycles. The first kappa shape index (κ1) is 11.9. The van der Waals surface area contributed by atoms with Gasteiger partial charge in [0.15, 0.2) is 0 Å². The van der Waals surface area contributed by atoms with Crippen molar-refractivity contribution in [3.8, 4) is 5.75 Å². The Morgan fingerprint density at radius 1 is 1.35 bits per heavy atom. The van der Waals surface area contributed by atoms with Gasteiger partial charge in [-0.05, 0) is 26.8 Å². The van der Waals surface area contributed by atoms with Crippen LogP contribution in [0.3, 0.4) is 0 Å². The third kappa shape index (κ3) is 2.26. The number of hydrogen-bond acceptors (Lipinski definition) is 3. The van der Waals surface area contributed by atoms with Crippen LogP contribution < -0.4 is 5.43 Å². The lowest BCUT2D eigenvalue weighted by molar-refractivity contribution is -0.134. The number of amides is 1. The minimum Gasteiger partial charge on any atom is -0.508 e. The number of nitrogens with one attached hydrogen (secondary N) is 1. The van der Waals surface area contributed by atoms with E-state index in [9.17, 15) is 9.90 Å². The topological polar surface area (TPSA) is 52.6 Å². The van der Waals surface area contributed by atoms with E-state index in [0.717, 1.165) is 5.56 Å². The number of nitrogens with zero attached hydrogens (tertiary/aromatic N) is 1. The van der Waals surface area contributed by atoms with Gasteiger partial charge in [0.2, 0.25) is 5.91 Å². The van der Waals surface area contributed by atoms with Crippen molar-refractivity contribution in [2.24, 2.45) is 0 Å². The molecule has 0 aromatic heterocycles. The molecule has 2 N–H and O–H groups in total. The van der Waals surface area contributed by atoms with Crippen LogP contribution in [0.2, 0.25) is 0 Å². The average Bonchev–Trinajstić information content (AvgIpc) is 2.60. The number of benzene rings is 1. The number of para-hydroxylation sites is 1. The van der Waals surface area contributed by atoms with Crippen LogP contribution in [0.25, 0.3) is 0 Å². The summed E-state index contributed by atoms with van der Waals surface area (Å²) in [6, 6.07) is 6.98. The largest absolute Gasteiger partial charge is 0.508 e. The maximum absolute atomic E-state index is 11.9. The summed E-state index contributed by atoms with van der Waals surface area (Å²) in [5.41, 5.74) is 3.68. The molecule has 1 aliphatic heterocycles. The van der Waals surface area contributed by atoms with Crippen LogP contribution in [0.15, 0.2) is 24.3 Å². The second-order valence-corrected chi connectivity index (χ2v) is 5.34. The number of carbonyl (C=O) groups excluding carboxylic acids is 1. The Bertz CT molecular complexity index is 437. The van der Waals surface area contributed by atoms with E-state index in [4.69, 9.17) is 0 Å². The maximum atomic E-state index is 11.9. The summed E-state index contributed by atoms with van der Waals surface area (Å²) < 4.78 is 0. The maximum Gasteiger partial charge on any atom is 0.239 e. The van der Waals surface area contributed by atoms with Crippen LogP contribution >= 0.6 is 0 Å². The predicted octanol–water partition coefficient (Wildman–Crippen LogP) is 1.97. The Balaban J connectivity index is 2.23. The highest BCUT2D eigenvalue weighted by Gasteiger charge is 2.37. The van der Waals surface area contributed by atoms with Crippen LogP contribution in [0, 0.1) is 0 Å². The molecule has 1 fully saturated rings. The van der Waals surface area contributed by atoms with Gasteiger partial charge in [-0.1, -0.05) is 18.2 Å². The van der Waals surface area contributed by atoms with Gasteiger partial charge in [0.25, 0.3) is 0 Å². The van der Waals surface area contributed by atoms with Crippen molar-refractivity contribution in [3.05, 3.63) is 29.8 Å². The molecule has 1 aromatic carbocycles. The predicted molar refractivity (Wildman–Crippen MR) is 65.2 cm³/mol. The lowest BCUT2D eigenvalue weighted by Crippen LogP contribution is -2.48. The first-order valence-corrected chi connectivity index (χ1v) is 5.77. The molecule has 0 radical (unpaired) electrons. The molecule has 92 valence electrons. The van der Waals surface area contributed by atoms with Gasteiger partial charge in [-0.3, -0.25) is 9.80 Å². The number of hydrogen-bond donors (Lipinski definition) is 2. The second-order valence-electron chi connectivity index (χ2n) is 5.34. The molecule has 0 aliphatic carbocycles. The number of phenols is 1. The van der Waals surface area contributed by atoms with Gasteiger partial charge in [0, 0.05) is 12.0 Å². The van der Waals surface area contributed by atoms with Gasteiger partial charge in [-0.25, -0.2) is 5.43 Å². The van der Waals surface area contributed by atoms with E-state index in [-0.39, 0.29) is 23.2 Å². The fourth-order valence-electron chi connectivity index (χ4n) is 2.07. The zero-order valence-corrected chi connectivity index (χ0v) is 10.4. The van der Waals surface area contributed by atoms with Crippen molar-refractivity contribution in [1.82, 2.24) is 10.4 Å². The summed E-state index contributed by atoms with van der Waals surface area (Å²) in [7, 11) is 0. The Labute approximate surface area is 101 Å². The van der Waals surface area contributed by atoms with Crippen molar-refractivity contribution in [2.75, 3.05) is 0 Å². The van der Waals surface area contributed by atoms with Gasteiger partial charge in [0.05, 0.1) is 11.6 Å². The third-order valence-electron chi connectivity index (χ3n) is 2.90. The van der Waals surface area contributed by atoms with E-state index in [0.29, 0.717) is 6.42 Å². The van der Waals surface area contributed by atoms with Gasteiger partial charge >= 0.3 is 0 Å². The highest BCUT2D eigenvalue weighted by molar-refractivity contribution is 5.79. The number of rotatable bonds is 1.